The van der Waals surface area contributed by atoms with Gasteiger partial charge in [-0.3, -0.25) is 16.3 Å². The SMILES string of the molecule is CC(C)CCCC(NN)c1cnc2ccccc2n1. The first-order valence-electron chi connectivity index (χ1n) is 6.88. The summed E-state index contributed by atoms with van der Waals surface area (Å²) in [5, 5.41) is 0. The molecule has 0 amide bonds. The van der Waals surface area contributed by atoms with E-state index in [0.29, 0.717) is 0 Å². The van der Waals surface area contributed by atoms with E-state index in [0.717, 1.165) is 35.5 Å². The Morgan fingerprint density at radius 1 is 1.16 bits per heavy atom. The Kier molecular flexibility index (Phi) is 4.82. The standard InChI is InChI=1S/C15H22N4/c1-11(2)6-5-9-14(19-16)15-10-17-12-7-3-4-8-13(12)18-15/h3-4,7-8,10-11,14,19H,5-6,9,16H2,1-2H3. The quantitative estimate of drug-likeness (QED) is 0.617. The van der Waals surface area contributed by atoms with Crippen molar-refractivity contribution in [3.05, 3.63) is 36.2 Å². The number of nitrogens with one attached hydrogen (secondary N) is 1. The van der Waals surface area contributed by atoms with Crippen LogP contribution in [0.25, 0.3) is 11.0 Å². The van der Waals surface area contributed by atoms with Gasteiger partial charge in [-0.2, -0.15) is 0 Å². The molecular formula is C15H22N4. The number of para-hydroxylation sites is 2. The lowest BCUT2D eigenvalue weighted by Crippen LogP contribution is -2.28. The van der Waals surface area contributed by atoms with E-state index >= 15 is 0 Å². The van der Waals surface area contributed by atoms with Crippen LogP contribution in [0.3, 0.4) is 0 Å². The van der Waals surface area contributed by atoms with Gasteiger partial charge in [0.05, 0.1) is 29.0 Å². The second-order valence-corrected chi connectivity index (χ2v) is 5.33. The topological polar surface area (TPSA) is 63.8 Å². The van der Waals surface area contributed by atoms with Crippen LogP contribution in [0.4, 0.5) is 0 Å². The second-order valence-electron chi connectivity index (χ2n) is 5.33. The minimum absolute atomic E-state index is 0.0795. The molecule has 1 atom stereocenters. The van der Waals surface area contributed by atoms with Gasteiger partial charge in [0.15, 0.2) is 0 Å². The van der Waals surface area contributed by atoms with Crippen LogP contribution >= 0.6 is 0 Å². The molecule has 1 heterocycles. The van der Waals surface area contributed by atoms with E-state index in [2.05, 4.69) is 29.2 Å². The van der Waals surface area contributed by atoms with Gasteiger partial charge in [-0.25, -0.2) is 4.98 Å². The molecule has 1 unspecified atom stereocenters. The minimum Gasteiger partial charge on any atom is -0.271 e. The van der Waals surface area contributed by atoms with E-state index in [1.165, 1.54) is 6.42 Å². The molecule has 0 aliphatic rings. The predicted molar refractivity (Wildman–Crippen MR) is 78.3 cm³/mol. The molecule has 0 fully saturated rings. The van der Waals surface area contributed by atoms with Crippen LogP contribution < -0.4 is 11.3 Å². The third kappa shape index (κ3) is 3.72. The van der Waals surface area contributed by atoms with Gasteiger partial charge in [-0.05, 0) is 24.5 Å². The highest BCUT2D eigenvalue weighted by atomic mass is 15.2. The van der Waals surface area contributed by atoms with Crippen molar-refractivity contribution in [1.29, 1.82) is 0 Å². The molecule has 0 aliphatic carbocycles. The lowest BCUT2D eigenvalue weighted by Gasteiger charge is -2.16. The maximum absolute atomic E-state index is 5.65. The highest BCUT2D eigenvalue weighted by molar-refractivity contribution is 5.73. The van der Waals surface area contributed by atoms with Crippen molar-refractivity contribution in [1.82, 2.24) is 15.4 Å². The zero-order valence-corrected chi connectivity index (χ0v) is 11.6. The smallest absolute Gasteiger partial charge is 0.0890 e. The minimum atomic E-state index is 0.0795. The van der Waals surface area contributed by atoms with Crippen LogP contribution in [0.2, 0.25) is 0 Å². The number of benzene rings is 1. The number of hydrogen-bond donors (Lipinski definition) is 2. The summed E-state index contributed by atoms with van der Waals surface area (Å²) in [6.07, 6.45) is 5.16. The molecule has 0 aliphatic heterocycles. The Balaban J connectivity index is 2.11. The van der Waals surface area contributed by atoms with Crippen molar-refractivity contribution in [2.45, 2.75) is 39.2 Å². The fourth-order valence-electron chi connectivity index (χ4n) is 2.19. The van der Waals surface area contributed by atoms with Gasteiger partial charge in [0, 0.05) is 0 Å². The Hall–Kier alpha value is -1.52. The maximum Gasteiger partial charge on any atom is 0.0890 e. The lowest BCUT2D eigenvalue weighted by molar-refractivity contribution is 0.448. The Labute approximate surface area is 114 Å². The molecule has 0 saturated heterocycles. The molecule has 2 aromatic rings. The zero-order chi connectivity index (χ0) is 13.7. The van der Waals surface area contributed by atoms with E-state index in [1.807, 2.05) is 30.5 Å². The molecule has 4 nitrogen and oxygen atoms in total. The summed E-state index contributed by atoms with van der Waals surface area (Å²) < 4.78 is 0. The molecule has 0 spiro atoms. The molecule has 0 bridgehead atoms. The molecule has 102 valence electrons. The number of fused-ring (bicyclic) bond motifs is 1. The zero-order valence-electron chi connectivity index (χ0n) is 11.6. The summed E-state index contributed by atoms with van der Waals surface area (Å²) >= 11 is 0. The summed E-state index contributed by atoms with van der Waals surface area (Å²) in [7, 11) is 0. The average Bonchev–Trinajstić information content (AvgIpc) is 2.43. The molecular weight excluding hydrogens is 236 g/mol. The molecule has 19 heavy (non-hydrogen) atoms. The Morgan fingerprint density at radius 3 is 2.58 bits per heavy atom. The first-order chi connectivity index (χ1) is 9.20. The second kappa shape index (κ2) is 6.59. The van der Waals surface area contributed by atoms with Crippen LogP contribution in [-0.2, 0) is 0 Å². The van der Waals surface area contributed by atoms with Crippen LogP contribution in [0.15, 0.2) is 30.5 Å². The molecule has 4 heteroatoms. The first kappa shape index (κ1) is 13.9. The molecule has 1 aromatic carbocycles. The number of nitrogens with two attached hydrogens (primary N) is 1. The summed E-state index contributed by atoms with van der Waals surface area (Å²) in [5.74, 6) is 6.37. The third-order valence-electron chi connectivity index (χ3n) is 3.30. The monoisotopic (exact) mass is 258 g/mol. The summed E-state index contributed by atoms with van der Waals surface area (Å²) in [4.78, 5) is 9.07. The fraction of sp³-hybridized carbons (Fsp3) is 0.467. The summed E-state index contributed by atoms with van der Waals surface area (Å²) in [6, 6.07) is 7.97. The van der Waals surface area contributed by atoms with Crippen LogP contribution in [0.5, 0.6) is 0 Å². The van der Waals surface area contributed by atoms with Crippen molar-refractivity contribution in [3.8, 4) is 0 Å². The highest BCUT2D eigenvalue weighted by Gasteiger charge is 2.12. The molecule has 0 saturated carbocycles. The Bertz CT molecular complexity index is 524. The maximum atomic E-state index is 5.65. The van der Waals surface area contributed by atoms with E-state index < -0.39 is 0 Å². The highest BCUT2D eigenvalue weighted by Crippen LogP contribution is 2.20. The molecule has 0 radical (unpaired) electrons. The summed E-state index contributed by atoms with van der Waals surface area (Å²) in [6.45, 7) is 4.47. The van der Waals surface area contributed by atoms with E-state index in [4.69, 9.17) is 5.84 Å². The van der Waals surface area contributed by atoms with Crippen molar-refractivity contribution in [2.75, 3.05) is 0 Å². The molecule has 1 aromatic heterocycles. The number of aromatic nitrogens is 2. The summed E-state index contributed by atoms with van der Waals surface area (Å²) in [5.41, 5.74) is 5.62. The van der Waals surface area contributed by atoms with Gasteiger partial charge in [0.2, 0.25) is 0 Å². The van der Waals surface area contributed by atoms with Crippen molar-refractivity contribution in [3.63, 3.8) is 0 Å². The van der Waals surface area contributed by atoms with E-state index in [1.54, 1.807) is 0 Å². The van der Waals surface area contributed by atoms with E-state index in [9.17, 15) is 0 Å². The molecule has 3 N–H and O–H groups in total. The van der Waals surface area contributed by atoms with Gasteiger partial charge in [0.25, 0.3) is 0 Å². The van der Waals surface area contributed by atoms with Gasteiger partial charge in [0.1, 0.15) is 0 Å². The first-order valence-corrected chi connectivity index (χ1v) is 6.88. The predicted octanol–water partition coefficient (Wildman–Crippen LogP) is 2.96. The van der Waals surface area contributed by atoms with Crippen LogP contribution in [0, 0.1) is 5.92 Å². The number of nitrogens with zero attached hydrogens (tertiary/aromatic N) is 2. The van der Waals surface area contributed by atoms with Crippen molar-refractivity contribution >= 4 is 11.0 Å². The Morgan fingerprint density at radius 2 is 1.89 bits per heavy atom. The van der Waals surface area contributed by atoms with Gasteiger partial charge in [-0.15, -0.1) is 0 Å². The number of hydrazine groups is 1. The van der Waals surface area contributed by atoms with Crippen LogP contribution in [0.1, 0.15) is 44.8 Å². The van der Waals surface area contributed by atoms with Gasteiger partial charge in [-0.1, -0.05) is 38.8 Å². The number of hydrogen-bond acceptors (Lipinski definition) is 4. The van der Waals surface area contributed by atoms with E-state index in [-0.39, 0.29) is 6.04 Å². The third-order valence-corrected chi connectivity index (χ3v) is 3.30. The van der Waals surface area contributed by atoms with Gasteiger partial charge < -0.3 is 0 Å². The largest absolute Gasteiger partial charge is 0.271 e. The number of rotatable bonds is 6. The molecule has 2 rings (SSSR count). The van der Waals surface area contributed by atoms with Crippen LogP contribution in [-0.4, -0.2) is 9.97 Å². The van der Waals surface area contributed by atoms with Crippen molar-refractivity contribution < 1.29 is 0 Å². The van der Waals surface area contributed by atoms with Crippen molar-refractivity contribution in [2.24, 2.45) is 11.8 Å². The van der Waals surface area contributed by atoms with Gasteiger partial charge >= 0.3 is 0 Å². The lowest BCUT2D eigenvalue weighted by atomic mass is 10.0. The normalized spacial score (nSPS) is 13.1. The average molecular weight is 258 g/mol. The fourth-order valence-corrected chi connectivity index (χ4v) is 2.19.